The Hall–Kier alpha value is -1.44. The summed E-state index contributed by atoms with van der Waals surface area (Å²) in [5, 5.41) is 9.11. The quantitative estimate of drug-likeness (QED) is 0.776. The molecular weight excluding hydrogens is 328 g/mol. The average molecular weight is 354 g/mol. The number of hydrogen-bond donors (Lipinski definition) is 1. The van der Waals surface area contributed by atoms with Crippen molar-refractivity contribution < 1.29 is 18.3 Å². The molecule has 7 heteroatoms. The van der Waals surface area contributed by atoms with Crippen molar-refractivity contribution in [2.75, 3.05) is 20.1 Å². The first-order valence-corrected chi connectivity index (χ1v) is 9.80. The maximum Gasteiger partial charge on any atom is 0.318 e. The summed E-state index contributed by atoms with van der Waals surface area (Å²) in [7, 11) is -2.21. The predicted molar refractivity (Wildman–Crippen MR) is 92.9 cm³/mol. The van der Waals surface area contributed by atoms with Crippen molar-refractivity contribution in [2.24, 2.45) is 0 Å². The molecule has 1 aromatic rings. The molecule has 0 radical (unpaired) electrons. The van der Waals surface area contributed by atoms with Gasteiger partial charge >= 0.3 is 5.97 Å². The average Bonchev–Trinajstić information content (AvgIpc) is 2.59. The molecule has 0 bridgehead atoms. The zero-order valence-electron chi connectivity index (χ0n) is 14.1. The number of rotatable bonds is 8. The van der Waals surface area contributed by atoms with Gasteiger partial charge in [0.05, 0.1) is 0 Å². The number of nitrogens with zero attached hydrogens (tertiary/aromatic N) is 2. The Morgan fingerprint density at radius 2 is 1.79 bits per heavy atom. The van der Waals surface area contributed by atoms with Crippen LogP contribution in [-0.2, 0) is 21.4 Å². The third-order valence-electron chi connectivity index (χ3n) is 4.58. The van der Waals surface area contributed by atoms with E-state index in [9.17, 15) is 13.2 Å². The molecule has 0 spiro atoms. The molecule has 1 aromatic carbocycles. The minimum absolute atomic E-state index is 0.0308. The summed E-state index contributed by atoms with van der Waals surface area (Å²) in [6, 6.07) is 9.47. The zero-order valence-corrected chi connectivity index (χ0v) is 14.9. The summed E-state index contributed by atoms with van der Waals surface area (Å²) < 4.78 is 28.2. The minimum atomic E-state index is -3.78. The van der Waals surface area contributed by atoms with Crippen LogP contribution < -0.4 is 0 Å². The van der Waals surface area contributed by atoms with Crippen molar-refractivity contribution in [3.8, 4) is 0 Å². The van der Waals surface area contributed by atoms with Gasteiger partial charge in [-0.25, -0.2) is 0 Å². The van der Waals surface area contributed by atoms with Crippen LogP contribution in [0.4, 0.5) is 0 Å². The topological polar surface area (TPSA) is 77.9 Å². The van der Waals surface area contributed by atoms with Gasteiger partial charge in [-0.2, -0.15) is 17.0 Å². The molecule has 0 saturated heterocycles. The second kappa shape index (κ2) is 8.60. The van der Waals surface area contributed by atoms with Gasteiger partial charge in [-0.1, -0.05) is 49.6 Å². The van der Waals surface area contributed by atoms with E-state index in [0.29, 0.717) is 6.42 Å². The van der Waals surface area contributed by atoms with Crippen LogP contribution in [0.5, 0.6) is 0 Å². The molecule has 24 heavy (non-hydrogen) atoms. The van der Waals surface area contributed by atoms with Crippen molar-refractivity contribution in [1.29, 1.82) is 0 Å². The molecule has 1 saturated carbocycles. The first kappa shape index (κ1) is 18.9. The van der Waals surface area contributed by atoms with Crippen LogP contribution in [0.15, 0.2) is 30.3 Å². The molecule has 0 amide bonds. The Labute approximate surface area is 144 Å². The van der Waals surface area contributed by atoms with Crippen molar-refractivity contribution >= 4 is 16.2 Å². The first-order chi connectivity index (χ1) is 11.4. The Morgan fingerprint density at radius 1 is 1.17 bits per heavy atom. The highest BCUT2D eigenvalue weighted by molar-refractivity contribution is 7.86. The van der Waals surface area contributed by atoms with E-state index in [1.807, 2.05) is 30.3 Å². The summed E-state index contributed by atoms with van der Waals surface area (Å²) in [5.74, 6) is -1.14. The van der Waals surface area contributed by atoms with E-state index in [4.69, 9.17) is 5.11 Å². The van der Waals surface area contributed by atoms with E-state index in [-0.39, 0.29) is 12.6 Å². The molecule has 1 N–H and O–H groups in total. The van der Waals surface area contributed by atoms with Crippen LogP contribution in [0.25, 0.3) is 0 Å². The van der Waals surface area contributed by atoms with Crippen LogP contribution >= 0.6 is 0 Å². The van der Waals surface area contributed by atoms with Crippen LogP contribution in [0.3, 0.4) is 0 Å². The lowest BCUT2D eigenvalue weighted by Gasteiger charge is -2.34. The van der Waals surface area contributed by atoms with Crippen LogP contribution in [0.2, 0.25) is 0 Å². The highest BCUT2D eigenvalue weighted by Crippen LogP contribution is 2.24. The van der Waals surface area contributed by atoms with Crippen molar-refractivity contribution in [2.45, 2.75) is 44.6 Å². The fraction of sp³-hybridized carbons (Fsp3) is 0.588. The molecule has 0 atom stereocenters. The Kier molecular flexibility index (Phi) is 6.77. The summed E-state index contributed by atoms with van der Waals surface area (Å²) in [6.45, 7) is -0.345. The van der Waals surface area contributed by atoms with Crippen molar-refractivity contribution in [1.82, 2.24) is 8.61 Å². The number of carboxylic acids is 1. The summed E-state index contributed by atoms with van der Waals surface area (Å²) in [6.07, 6.45) is 5.36. The smallest absolute Gasteiger partial charge is 0.318 e. The summed E-state index contributed by atoms with van der Waals surface area (Å²) in [5.41, 5.74) is 0.989. The maximum absolute atomic E-state index is 12.9. The number of hydrogen-bond acceptors (Lipinski definition) is 3. The first-order valence-electron chi connectivity index (χ1n) is 8.40. The molecule has 2 rings (SSSR count). The number of aliphatic carboxylic acids is 1. The van der Waals surface area contributed by atoms with E-state index in [1.165, 1.54) is 4.31 Å². The Bertz CT molecular complexity index is 627. The molecular formula is C17H26N2O4S. The molecule has 1 aliphatic rings. The number of benzene rings is 1. The molecule has 0 heterocycles. The largest absolute Gasteiger partial charge is 0.480 e. The van der Waals surface area contributed by atoms with Crippen LogP contribution in [-0.4, -0.2) is 54.3 Å². The molecule has 134 valence electrons. The highest BCUT2D eigenvalue weighted by Gasteiger charge is 2.33. The maximum atomic E-state index is 12.9. The molecule has 1 fully saturated rings. The van der Waals surface area contributed by atoms with Gasteiger partial charge < -0.3 is 5.11 Å². The zero-order chi connectivity index (χ0) is 17.6. The predicted octanol–water partition coefficient (Wildman–Crippen LogP) is 2.12. The third-order valence-corrected chi connectivity index (χ3v) is 6.57. The monoisotopic (exact) mass is 354 g/mol. The molecule has 0 unspecified atom stereocenters. The molecule has 0 aromatic heterocycles. The van der Waals surface area contributed by atoms with Gasteiger partial charge in [0.15, 0.2) is 0 Å². The van der Waals surface area contributed by atoms with Gasteiger partial charge in [-0.3, -0.25) is 4.79 Å². The fourth-order valence-electron chi connectivity index (χ4n) is 3.14. The van der Waals surface area contributed by atoms with Crippen molar-refractivity contribution in [3.05, 3.63) is 35.9 Å². The lowest BCUT2D eigenvalue weighted by atomic mass is 9.96. The fourth-order valence-corrected chi connectivity index (χ4v) is 4.69. The lowest BCUT2D eigenvalue weighted by Crippen LogP contribution is -2.49. The van der Waals surface area contributed by atoms with Crippen molar-refractivity contribution in [3.63, 3.8) is 0 Å². The van der Waals surface area contributed by atoms with Gasteiger partial charge in [0.1, 0.15) is 6.54 Å². The second-order valence-corrected chi connectivity index (χ2v) is 8.27. The normalized spacial score (nSPS) is 16.6. The Morgan fingerprint density at radius 3 is 2.38 bits per heavy atom. The SMILES string of the molecule is CN(C1CCCCC1)S(=O)(=O)N(CCc1ccccc1)CC(=O)O. The third kappa shape index (κ3) is 5.03. The van der Waals surface area contributed by atoms with E-state index in [2.05, 4.69) is 0 Å². The minimum Gasteiger partial charge on any atom is -0.480 e. The number of carboxylic acid groups (broad SMARTS) is 1. The van der Waals surface area contributed by atoms with Gasteiger partial charge in [0, 0.05) is 19.6 Å². The van der Waals surface area contributed by atoms with E-state index in [1.54, 1.807) is 7.05 Å². The van der Waals surface area contributed by atoms with E-state index in [0.717, 1.165) is 42.0 Å². The van der Waals surface area contributed by atoms with Gasteiger partial charge in [0.2, 0.25) is 0 Å². The van der Waals surface area contributed by atoms with E-state index < -0.39 is 22.7 Å². The molecule has 0 aliphatic heterocycles. The van der Waals surface area contributed by atoms with E-state index >= 15 is 0 Å². The summed E-state index contributed by atoms with van der Waals surface area (Å²) >= 11 is 0. The molecule has 6 nitrogen and oxygen atoms in total. The Balaban J connectivity index is 2.10. The van der Waals surface area contributed by atoms with Gasteiger partial charge in [-0.15, -0.1) is 0 Å². The summed E-state index contributed by atoms with van der Waals surface area (Å²) in [4.78, 5) is 11.1. The number of carbonyl (C=O) groups is 1. The second-order valence-electron chi connectivity index (χ2n) is 6.28. The van der Waals surface area contributed by atoms with Gasteiger partial charge in [-0.05, 0) is 24.8 Å². The molecule has 1 aliphatic carbocycles. The lowest BCUT2D eigenvalue weighted by molar-refractivity contribution is -0.137. The van der Waals surface area contributed by atoms with Crippen LogP contribution in [0.1, 0.15) is 37.7 Å². The van der Waals surface area contributed by atoms with Gasteiger partial charge in [0.25, 0.3) is 10.2 Å². The standard InChI is InChI=1S/C17H26N2O4S/c1-18(16-10-6-3-7-11-16)24(22,23)19(14-17(20)21)13-12-15-8-4-2-5-9-15/h2,4-5,8-9,16H,3,6-7,10-14H2,1H3,(H,20,21). The van der Waals surface area contributed by atoms with Crippen LogP contribution in [0, 0.1) is 0 Å². The highest BCUT2D eigenvalue weighted by atomic mass is 32.2.